The maximum atomic E-state index is 13.1. The molecule has 37 heavy (non-hydrogen) atoms. The molecular weight excluding hydrogens is 476 g/mol. The van der Waals surface area contributed by atoms with Gasteiger partial charge < -0.3 is 0 Å². The van der Waals surface area contributed by atoms with Crippen LogP contribution >= 0.6 is 11.3 Å². The zero-order valence-electron chi connectivity index (χ0n) is 23.4. The van der Waals surface area contributed by atoms with E-state index >= 15 is 0 Å². The van der Waals surface area contributed by atoms with Crippen LogP contribution in [0.25, 0.3) is 21.2 Å². The van der Waals surface area contributed by atoms with Crippen LogP contribution in [0, 0.1) is 0 Å². The van der Waals surface area contributed by atoms with Gasteiger partial charge in [-0.3, -0.25) is 9.59 Å². The van der Waals surface area contributed by atoms with Crippen molar-refractivity contribution in [2.24, 2.45) is 0 Å². The Hall–Kier alpha value is -2.66. The number of benzene rings is 1. The average molecular weight is 518 g/mol. The molecule has 1 aliphatic heterocycles. The first-order valence-electron chi connectivity index (χ1n) is 14.0. The van der Waals surface area contributed by atoms with Crippen LogP contribution in [0.1, 0.15) is 119 Å². The van der Waals surface area contributed by atoms with Gasteiger partial charge in [0.1, 0.15) is 17.9 Å². The lowest BCUT2D eigenvalue weighted by Gasteiger charge is -2.17. The lowest BCUT2D eigenvalue weighted by molar-refractivity contribution is -0.438. The van der Waals surface area contributed by atoms with Crippen molar-refractivity contribution in [3.05, 3.63) is 46.6 Å². The number of fused-ring (bicyclic) bond motifs is 3. The number of carbonyl (C=O) groups excluding carboxylic acids is 2. The summed E-state index contributed by atoms with van der Waals surface area (Å²) in [5, 5.41) is 3.42. The molecule has 0 atom stereocenters. The van der Waals surface area contributed by atoms with E-state index in [9.17, 15) is 9.59 Å². The highest BCUT2D eigenvalue weighted by molar-refractivity contribution is 7.17. The lowest BCUT2D eigenvalue weighted by atomic mass is 9.80. The highest BCUT2D eigenvalue weighted by Gasteiger charge is 2.44. The largest absolute Gasteiger partial charge is 0.292 e. The minimum atomic E-state index is -0.0971. The van der Waals surface area contributed by atoms with Gasteiger partial charge in [0.25, 0.3) is 0 Å². The summed E-state index contributed by atoms with van der Waals surface area (Å²) in [7, 11) is 0. The molecule has 5 heteroatoms. The Labute approximate surface area is 225 Å². The van der Waals surface area contributed by atoms with Crippen molar-refractivity contribution in [1.29, 1.82) is 0 Å². The zero-order chi connectivity index (χ0) is 26.7. The molecule has 0 amide bonds. The Morgan fingerprint density at radius 1 is 0.919 bits per heavy atom. The molecule has 0 N–H and O–H groups in total. The molecule has 1 aromatic carbocycles. The Bertz CT molecular complexity index is 1360. The van der Waals surface area contributed by atoms with Gasteiger partial charge in [0, 0.05) is 42.0 Å². The van der Waals surface area contributed by atoms with Crippen molar-refractivity contribution in [1.82, 2.24) is 4.98 Å². The number of unbranched alkanes of at least 4 members (excludes halogenated alkanes) is 3. The van der Waals surface area contributed by atoms with Gasteiger partial charge in [0.15, 0.2) is 17.3 Å². The summed E-state index contributed by atoms with van der Waals surface area (Å²) in [5.41, 5.74) is 6.77. The van der Waals surface area contributed by atoms with Gasteiger partial charge in [0.05, 0.1) is 10.8 Å². The second kappa shape index (κ2) is 11.4. The molecule has 1 aliphatic rings. The Kier molecular flexibility index (Phi) is 8.42. The molecule has 4 nitrogen and oxygen atoms in total. The van der Waals surface area contributed by atoms with E-state index in [2.05, 4.69) is 61.7 Å². The van der Waals surface area contributed by atoms with Crippen LogP contribution in [0.3, 0.4) is 0 Å². The molecule has 2 aromatic heterocycles. The number of aromatic nitrogens is 1. The Morgan fingerprint density at radius 3 is 2.24 bits per heavy atom. The lowest BCUT2D eigenvalue weighted by Crippen LogP contribution is -2.26. The minimum absolute atomic E-state index is 0.00378. The number of pyridine rings is 1. The fraction of sp³-hybridized carbons (Fsp3) is 0.500. The first kappa shape index (κ1) is 27.4. The van der Waals surface area contributed by atoms with Gasteiger partial charge in [-0.05, 0) is 68.3 Å². The number of carbonyl (C=O) groups is 2. The van der Waals surface area contributed by atoms with Crippen molar-refractivity contribution in [2.45, 2.75) is 98.3 Å². The van der Waals surface area contributed by atoms with Gasteiger partial charge >= 0.3 is 0 Å². The number of Topliss-reactive ketones (excluding diaryl/α,β-unsaturated/α-hetero) is 2. The van der Waals surface area contributed by atoms with Crippen LogP contribution in [0.2, 0.25) is 0 Å². The molecule has 4 rings (SSSR count). The van der Waals surface area contributed by atoms with Crippen LogP contribution in [0.5, 0.6) is 0 Å². The number of ketones is 2. The molecule has 0 bridgehead atoms. The average Bonchev–Trinajstić information content (AvgIpc) is 3.44. The van der Waals surface area contributed by atoms with E-state index in [1.165, 1.54) is 46.3 Å². The van der Waals surface area contributed by atoms with Crippen molar-refractivity contribution < 1.29 is 14.2 Å². The first-order valence-corrected chi connectivity index (χ1v) is 14.9. The molecule has 0 unspecified atom stereocenters. The molecule has 3 aromatic rings. The number of thiophene rings is 1. The second-order valence-electron chi connectivity index (χ2n) is 10.9. The van der Waals surface area contributed by atoms with Crippen LogP contribution in [0.15, 0.2) is 29.6 Å². The normalized spacial score (nSPS) is 14.4. The molecule has 0 spiro atoms. The summed E-state index contributed by atoms with van der Waals surface area (Å²) in [5.74, 6) is 0.0218. The summed E-state index contributed by atoms with van der Waals surface area (Å²) in [4.78, 5) is 30.6. The van der Waals surface area contributed by atoms with E-state index in [4.69, 9.17) is 0 Å². The highest BCUT2D eigenvalue weighted by Crippen LogP contribution is 2.48. The quantitative estimate of drug-likeness (QED) is 0.137. The summed E-state index contributed by atoms with van der Waals surface area (Å²) >= 11 is 1.73. The molecule has 3 heterocycles. The van der Waals surface area contributed by atoms with Crippen LogP contribution < -0.4 is 0 Å². The van der Waals surface area contributed by atoms with Crippen molar-refractivity contribution >= 4 is 44.4 Å². The topological polar surface area (TPSA) is 50.0 Å². The van der Waals surface area contributed by atoms with Gasteiger partial charge in [-0.15, -0.1) is 11.3 Å². The maximum absolute atomic E-state index is 13.1. The predicted octanol–water partition coefficient (Wildman–Crippen LogP) is 8.91. The van der Waals surface area contributed by atoms with Gasteiger partial charge in [-0.2, -0.15) is 4.58 Å². The monoisotopic (exact) mass is 517 g/mol. The van der Waals surface area contributed by atoms with Crippen molar-refractivity contribution in [2.75, 3.05) is 6.54 Å². The molecule has 0 radical (unpaired) electrons. The maximum Gasteiger partial charge on any atom is 0.218 e. The van der Waals surface area contributed by atoms with Crippen molar-refractivity contribution in [3.8, 4) is 11.1 Å². The molecule has 0 fully saturated rings. The fourth-order valence-corrected chi connectivity index (χ4v) is 6.34. The zero-order valence-corrected chi connectivity index (χ0v) is 24.2. The molecule has 0 saturated heterocycles. The Balaban J connectivity index is 1.91. The molecular formula is C32H41N2O2S+. The third-order valence-electron chi connectivity index (χ3n) is 7.89. The van der Waals surface area contributed by atoms with Gasteiger partial charge in [-0.25, -0.2) is 4.98 Å². The summed E-state index contributed by atoms with van der Waals surface area (Å²) in [6, 6.07) is 8.38. The fourth-order valence-electron chi connectivity index (χ4n) is 5.40. The number of nitrogens with zero attached hydrogens (tertiary/aromatic N) is 2. The van der Waals surface area contributed by atoms with Crippen LogP contribution in [-0.2, 0) is 5.41 Å². The third kappa shape index (κ3) is 5.20. The van der Waals surface area contributed by atoms with E-state index < -0.39 is 0 Å². The highest BCUT2D eigenvalue weighted by atomic mass is 32.1. The van der Waals surface area contributed by atoms with Gasteiger partial charge in [-0.1, -0.05) is 33.6 Å². The number of hydrogen-bond donors (Lipinski definition) is 0. The molecule has 0 saturated carbocycles. The summed E-state index contributed by atoms with van der Waals surface area (Å²) < 4.78 is 3.74. The standard InChI is InChI=1S/C32H41N2O2S/c1-7-10-12-16-34-21(4)32(5,6)25-20-24(31-23(30(25)34)15-17-37-31)22-18-26(28(35)13-9-3)33-27(19-22)29(36)14-11-8-2/h15,17-20H,7-14,16H2,1-6H3/q+1. The number of hydrogen-bond acceptors (Lipinski definition) is 4. The van der Waals surface area contributed by atoms with E-state index in [0.717, 1.165) is 36.9 Å². The first-order chi connectivity index (χ1) is 17.7. The third-order valence-corrected chi connectivity index (χ3v) is 8.84. The summed E-state index contributed by atoms with van der Waals surface area (Å²) in [6.45, 7) is 14.2. The summed E-state index contributed by atoms with van der Waals surface area (Å²) in [6.07, 6.45) is 7.04. The number of rotatable bonds is 12. The minimum Gasteiger partial charge on any atom is -0.292 e. The van der Waals surface area contributed by atoms with Crippen LogP contribution in [-0.4, -0.2) is 33.4 Å². The van der Waals surface area contributed by atoms with Gasteiger partial charge in [0.2, 0.25) is 5.69 Å². The van der Waals surface area contributed by atoms with E-state index in [0.29, 0.717) is 24.2 Å². The molecule has 196 valence electrons. The van der Waals surface area contributed by atoms with E-state index in [1.807, 2.05) is 19.1 Å². The Morgan fingerprint density at radius 2 is 1.59 bits per heavy atom. The van der Waals surface area contributed by atoms with E-state index in [-0.39, 0.29) is 17.0 Å². The molecule has 0 aliphatic carbocycles. The predicted molar refractivity (Wildman–Crippen MR) is 156 cm³/mol. The van der Waals surface area contributed by atoms with Crippen LogP contribution in [0.4, 0.5) is 5.69 Å². The van der Waals surface area contributed by atoms with E-state index in [1.54, 1.807) is 11.3 Å². The van der Waals surface area contributed by atoms with Crippen molar-refractivity contribution in [3.63, 3.8) is 0 Å². The smallest absolute Gasteiger partial charge is 0.218 e. The SMILES string of the molecule is CCCCC[N+]1=C(C)C(C)(C)c2cc(-c3cc(C(=O)CCC)nc(C(=O)CCCC)c3)c3sccc3c21. The second-order valence-corrected chi connectivity index (χ2v) is 11.8.